The lowest BCUT2D eigenvalue weighted by atomic mass is 9.89. The van der Waals surface area contributed by atoms with Crippen molar-refractivity contribution in [3.8, 4) is 0 Å². The first-order valence-electron chi connectivity index (χ1n) is 7.30. The van der Waals surface area contributed by atoms with Crippen molar-refractivity contribution in [2.24, 2.45) is 11.7 Å². The minimum Gasteiger partial charge on any atom is -0.370 e. The van der Waals surface area contributed by atoms with Gasteiger partial charge in [-0.2, -0.15) is 0 Å². The second-order valence-electron chi connectivity index (χ2n) is 5.53. The van der Waals surface area contributed by atoms with E-state index in [1.54, 1.807) is 24.3 Å². The molecule has 0 atom stereocenters. The largest absolute Gasteiger partial charge is 0.370 e. The van der Waals surface area contributed by atoms with Crippen LogP contribution in [0, 0.1) is 17.6 Å². The van der Waals surface area contributed by atoms with E-state index in [2.05, 4.69) is 0 Å². The van der Waals surface area contributed by atoms with Gasteiger partial charge in [-0.1, -0.05) is 24.3 Å². The van der Waals surface area contributed by atoms with Crippen LogP contribution in [0.15, 0.2) is 48.5 Å². The van der Waals surface area contributed by atoms with E-state index in [1.807, 2.05) is 0 Å². The zero-order valence-corrected chi connectivity index (χ0v) is 12.3. The molecule has 4 heteroatoms. The van der Waals surface area contributed by atoms with Gasteiger partial charge in [-0.25, -0.2) is 8.78 Å². The third-order valence-electron chi connectivity index (χ3n) is 3.67. The Morgan fingerprint density at radius 1 is 0.864 bits per heavy atom. The van der Waals surface area contributed by atoms with Gasteiger partial charge >= 0.3 is 0 Å². The first kappa shape index (κ1) is 16.1. The van der Waals surface area contributed by atoms with Gasteiger partial charge in [-0.05, 0) is 60.6 Å². The van der Waals surface area contributed by atoms with E-state index in [9.17, 15) is 13.6 Å². The van der Waals surface area contributed by atoms with Crippen LogP contribution in [-0.2, 0) is 17.6 Å². The zero-order valence-electron chi connectivity index (χ0n) is 12.3. The number of hydrogen-bond donors (Lipinski definition) is 1. The molecule has 0 unspecified atom stereocenters. The van der Waals surface area contributed by atoms with Gasteiger partial charge in [0, 0.05) is 6.42 Å². The summed E-state index contributed by atoms with van der Waals surface area (Å²) in [5.74, 6) is -0.668. The summed E-state index contributed by atoms with van der Waals surface area (Å²) in [7, 11) is 0. The second kappa shape index (κ2) is 7.69. The summed E-state index contributed by atoms with van der Waals surface area (Å²) < 4.78 is 25.9. The molecule has 0 aliphatic rings. The molecule has 2 aromatic rings. The highest BCUT2D eigenvalue weighted by Gasteiger charge is 2.13. The summed E-state index contributed by atoms with van der Waals surface area (Å²) in [5.41, 5.74) is 7.25. The lowest BCUT2D eigenvalue weighted by Gasteiger charge is -2.16. The quantitative estimate of drug-likeness (QED) is 0.834. The Bertz CT molecular complexity index is 560. The molecule has 1 amide bonds. The predicted octanol–water partition coefficient (Wildman–Crippen LogP) is 3.63. The summed E-state index contributed by atoms with van der Waals surface area (Å²) >= 11 is 0. The van der Waals surface area contributed by atoms with Gasteiger partial charge in [0.15, 0.2) is 0 Å². The van der Waals surface area contributed by atoms with Crippen LogP contribution in [0.4, 0.5) is 8.78 Å². The van der Waals surface area contributed by atoms with Gasteiger partial charge in [-0.15, -0.1) is 0 Å². The van der Waals surface area contributed by atoms with Gasteiger partial charge in [-0.3, -0.25) is 4.79 Å². The van der Waals surface area contributed by atoms with Crippen LogP contribution in [0.25, 0.3) is 0 Å². The minimum absolute atomic E-state index is 0.198. The normalized spacial score (nSPS) is 10.9. The zero-order chi connectivity index (χ0) is 15.9. The Balaban J connectivity index is 2.05. The average molecular weight is 303 g/mol. The molecule has 0 spiro atoms. The summed E-state index contributed by atoms with van der Waals surface area (Å²) in [6, 6.07) is 12.7. The molecule has 2 rings (SSSR count). The van der Waals surface area contributed by atoms with Crippen molar-refractivity contribution < 1.29 is 13.6 Å². The van der Waals surface area contributed by atoms with Gasteiger partial charge in [0.1, 0.15) is 11.6 Å². The number of benzene rings is 2. The van der Waals surface area contributed by atoms with E-state index in [-0.39, 0.29) is 23.5 Å². The topological polar surface area (TPSA) is 43.1 Å². The molecule has 0 aliphatic carbocycles. The van der Waals surface area contributed by atoms with Crippen LogP contribution >= 0.6 is 0 Å². The number of primary amides is 1. The molecule has 2 N–H and O–H groups in total. The van der Waals surface area contributed by atoms with E-state index in [0.29, 0.717) is 12.8 Å². The smallest absolute Gasteiger partial charge is 0.217 e. The number of hydrogen-bond acceptors (Lipinski definition) is 1. The fraction of sp³-hybridized carbons (Fsp3) is 0.278. The molecule has 0 saturated carbocycles. The van der Waals surface area contributed by atoms with Crippen molar-refractivity contribution >= 4 is 5.91 Å². The number of carbonyl (C=O) groups is 1. The molecule has 0 aromatic heterocycles. The number of amides is 1. The fourth-order valence-electron chi connectivity index (χ4n) is 2.53. The van der Waals surface area contributed by atoms with E-state index in [1.165, 1.54) is 24.3 Å². The first-order valence-corrected chi connectivity index (χ1v) is 7.30. The molecular formula is C18H19F2NO. The Hall–Kier alpha value is -2.23. The Morgan fingerprint density at radius 2 is 1.27 bits per heavy atom. The molecule has 116 valence electrons. The highest BCUT2D eigenvalue weighted by molar-refractivity contribution is 5.73. The van der Waals surface area contributed by atoms with E-state index in [0.717, 1.165) is 24.0 Å². The number of halogens is 2. The maximum Gasteiger partial charge on any atom is 0.217 e. The van der Waals surface area contributed by atoms with Crippen molar-refractivity contribution in [1.82, 2.24) is 0 Å². The van der Waals surface area contributed by atoms with Gasteiger partial charge < -0.3 is 5.73 Å². The molecular weight excluding hydrogens is 284 g/mol. The van der Waals surface area contributed by atoms with Crippen LogP contribution < -0.4 is 5.73 Å². The van der Waals surface area contributed by atoms with E-state index >= 15 is 0 Å². The lowest BCUT2D eigenvalue weighted by Crippen LogP contribution is -2.15. The average Bonchev–Trinajstić information content (AvgIpc) is 2.49. The molecule has 0 aliphatic heterocycles. The Labute approximate surface area is 129 Å². The van der Waals surface area contributed by atoms with Crippen LogP contribution in [0.2, 0.25) is 0 Å². The number of nitrogens with two attached hydrogens (primary N) is 1. The molecule has 0 bridgehead atoms. The van der Waals surface area contributed by atoms with Crippen LogP contribution in [0.1, 0.15) is 24.0 Å². The second-order valence-corrected chi connectivity index (χ2v) is 5.53. The van der Waals surface area contributed by atoms with E-state index < -0.39 is 0 Å². The number of rotatable bonds is 7. The number of carbonyl (C=O) groups excluding carboxylic acids is 1. The fourth-order valence-corrected chi connectivity index (χ4v) is 2.53. The lowest BCUT2D eigenvalue weighted by molar-refractivity contribution is -0.118. The summed E-state index contributed by atoms with van der Waals surface area (Å²) in [5, 5.41) is 0. The maximum absolute atomic E-state index is 13.0. The van der Waals surface area contributed by atoms with Crippen LogP contribution in [-0.4, -0.2) is 5.91 Å². The van der Waals surface area contributed by atoms with Crippen LogP contribution in [0.3, 0.4) is 0 Å². The molecule has 0 heterocycles. The highest BCUT2D eigenvalue weighted by Crippen LogP contribution is 2.20. The van der Waals surface area contributed by atoms with Gasteiger partial charge in [0.2, 0.25) is 5.91 Å². The summed E-state index contributed by atoms with van der Waals surface area (Å²) in [6.07, 6.45) is 2.42. The van der Waals surface area contributed by atoms with E-state index in [4.69, 9.17) is 5.73 Å². The molecule has 2 aromatic carbocycles. The highest BCUT2D eigenvalue weighted by atomic mass is 19.1. The monoisotopic (exact) mass is 303 g/mol. The SMILES string of the molecule is NC(=O)CCC(Cc1ccc(F)cc1)Cc1ccc(F)cc1. The van der Waals surface area contributed by atoms with Crippen molar-refractivity contribution in [3.63, 3.8) is 0 Å². The van der Waals surface area contributed by atoms with Crippen molar-refractivity contribution in [2.75, 3.05) is 0 Å². The molecule has 22 heavy (non-hydrogen) atoms. The summed E-state index contributed by atoms with van der Waals surface area (Å²) in [4.78, 5) is 11.0. The minimum atomic E-state index is -0.330. The third-order valence-corrected chi connectivity index (χ3v) is 3.67. The van der Waals surface area contributed by atoms with Gasteiger partial charge in [0.25, 0.3) is 0 Å². The van der Waals surface area contributed by atoms with Crippen molar-refractivity contribution in [2.45, 2.75) is 25.7 Å². The van der Waals surface area contributed by atoms with Gasteiger partial charge in [0.05, 0.1) is 0 Å². The van der Waals surface area contributed by atoms with Crippen molar-refractivity contribution in [1.29, 1.82) is 0 Å². The maximum atomic E-state index is 13.0. The molecule has 0 radical (unpaired) electrons. The molecule has 2 nitrogen and oxygen atoms in total. The van der Waals surface area contributed by atoms with Crippen molar-refractivity contribution in [3.05, 3.63) is 71.3 Å². The predicted molar refractivity (Wildman–Crippen MR) is 82.1 cm³/mol. The Kier molecular flexibility index (Phi) is 5.64. The third kappa shape index (κ3) is 5.28. The van der Waals surface area contributed by atoms with Crippen LogP contribution in [0.5, 0.6) is 0 Å². The standard InChI is InChI=1S/C18H19F2NO/c19-16-6-1-13(2-7-16)11-15(5-10-18(21)22)12-14-3-8-17(20)9-4-14/h1-4,6-9,15H,5,10-12H2,(H2,21,22). The summed E-state index contributed by atoms with van der Waals surface area (Å²) in [6.45, 7) is 0. The molecule has 0 fully saturated rings. The Morgan fingerprint density at radius 3 is 1.64 bits per heavy atom. The molecule has 0 saturated heterocycles. The first-order chi connectivity index (χ1) is 10.5.